The summed E-state index contributed by atoms with van der Waals surface area (Å²) in [6.07, 6.45) is 2.08. The van der Waals surface area contributed by atoms with Gasteiger partial charge < -0.3 is 10.5 Å². The third-order valence-electron chi connectivity index (χ3n) is 3.91. The SMILES string of the molecule is C[C@H](Sc1nnc(-c2ccc(F)cc2)n1C[C@H]1CCCO1)C(N)=O. The second-order valence-corrected chi connectivity index (χ2v) is 7.03. The van der Waals surface area contributed by atoms with Crippen LogP contribution in [0, 0.1) is 5.82 Å². The standard InChI is InChI=1S/C16H19FN4O2S/c1-10(14(18)22)24-16-20-19-15(11-4-6-12(17)7-5-11)21(16)9-13-3-2-8-23-13/h4-7,10,13H,2-3,8-9H2,1H3,(H2,18,22)/t10-,13+/m0/s1. The summed E-state index contributed by atoms with van der Waals surface area (Å²) in [4.78, 5) is 11.4. The lowest BCUT2D eigenvalue weighted by atomic mass is 10.2. The molecule has 0 bridgehead atoms. The molecule has 0 radical (unpaired) electrons. The highest BCUT2D eigenvalue weighted by atomic mass is 32.2. The number of hydrogen-bond acceptors (Lipinski definition) is 5. The zero-order chi connectivity index (χ0) is 17.1. The molecule has 1 aliphatic rings. The number of nitrogens with two attached hydrogens (primary N) is 1. The van der Waals surface area contributed by atoms with E-state index in [1.54, 1.807) is 19.1 Å². The number of nitrogens with zero attached hydrogens (tertiary/aromatic N) is 3. The van der Waals surface area contributed by atoms with Gasteiger partial charge in [-0.2, -0.15) is 0 Å². The first-order chi connectivity index (χ1) is 11.5. The van der Waals surface area contributed by atoms with E-state index >= 15 is 0 Å². The summed E-state index contributed by atoms with van der Waals surface area (Å²) in [5, 5.41) is 8.62. The fourth-order valence-electron chi connectivity index (χ4n) is 2.56. The number of hydrogen-bond donors (Lipinski definition) is 1. The molecule has 1 fully saturated rings. The predicted molar refractivity (Wildman–Crippen MR) is 88.9 cm³/mol. The predicted octanol–water partition coefficient (Wildman–Crippen LogP) is 2.23. The lowest BCUT2D eigenvalue weighted by Crippen LogP contribution is -2.23. The lowest BCUT2D eigenvalue weighted by Gasteiger charge is -2.15. The summed E-state index contributed by atoms with van der Waals surface area (Å²) in [6, 6.07) is 6.10. The van der Waals surface area contributed by atoms with Crippen LogP contribution >= 0.6 is 11.8 Å². The third kappa shape index (κ3) is 3.76. The molecular weight excluding hydrogens is 331 g/mol. The van der Waals surface area contributed by atoms with Crippen LogP contribution in [0.3, 0.4) is 0 Å². The fraction of sp³-hybridized carbons (Fsp3) is 0.438. The van der Waals surface area contributed by atoms with Crippen LogP contribution in [0.5, 0.6) is 0 Å². The lowest BCUT2D eigenvalue weighted by molar-refractivity contribution is -0.117. The van der Waals surface area contributed by atoms with Crippen molar-refractivity contribution in [3.05, 3.63) is 30.1 Å². The number of rotatable bonds is 6. The molecule has 1 aromatic carbocycles. The Hall–Kier alpha value is -1.93. The summed E-state index contributed by atoms with van der Waals surface area (Å²) in [5.41, 5.74) is 6.11. The molecule has 6 nitrogen and oxygen atoms in total. The van der Waals surface area contributed by atoms with Gasteiger partial charge in [0.1, 0.15) is 5.82 Å². The maximum atomic E-state index is 13.2. The van der Waals surface area contributed by atoms with E-state index in [4.69, 9.17) is 10.5 Å². The number of carbonyl (C=O) groups is 1. The molecule has 8 heteroatoms. The van der Waals surface area contributed by atoms with E-state index in [1.807, 2.05) is 4.57 Å². The average molecular weight is 350 g/mol. The maximum absolute atomic E-state index is 13.2. The molecule has 1 saturated heterocycles. The van der Waals surface area contributed by atoms with E-state index < -0.39 is 11.2 Å². The van der Waals surface area contributed by atoms with Gasteiger partial charge in [0, 0.05) is 12.2 Å². The molecule has 0 spiro atoms. The average Bonchev–Trinajstić information content (AvgIpc) is 3.19. The Balaban J connectivity index is 1.93. The number of halogens is 1. The molecule has 1 aliphatic heterocycles. The minimum absolute atomic E-state index is 0.0865. The molecule has 24 heavy (non-hydrogen) atoms. The Labute approximate surface area is 143 Å². The van der Waals surface area contributed by atoms with Crippen molar-refractivity contribution in [3.63, 3.8) is 0 Å². The highest BCUT2D eigenvalue weighted by molar-refractivity contribution is 8.00. The van der Waals surface area contributed by atoms with Gasteiger partial charge in [-0.3, -0.25) is 9.36 Å². The van der Waals surface area contributed by atoms with Gasteiger partial charge in [0.2, 0.25) is 5.91 Å². The molecule has 1 aromatic heterocycles. The maximum Gasteiger partial charge on any atom is 0.230 e. The van der Waals surface area contributed by atoms with Crippen LogP contribution in [0.4, 0.5) is 4.39 Å². The van der Waals surface area contributed by atoms with Gasteiger partial charge in [0.25, 0.3) is 0 Å². The van der Waals surface area contributed by atoms with Crippen LogP contribution in [-0.2, 0) is 16.1 Å². The zero-order valence-corrected chi connectivity index (χ0v) is 14.1. The van der Waals surface area contributed by atoms with Crippen molar-refractivity contribution < 1.29 is 13.9 Å². The van der Waals surface area contributed by atoms with Crippen LogP contribution in [0.2, 0.25) is 0 Å². The van der Waals surface area contributed by atoms with E-state index in [9.17, 15) is 9.18 Å². The van der Waals surface area contributed by atoms with Crippen molar-refractivity contribution >= 4 is 17.7 Å². The van der Waals surface area contributed by atoms with Crippen LogP contribution in [0.1, 0.15) is 19.8 Å². The Morgan fingerprint density at radius 2 is 2.21 bits per heavy atom. The smallest absolute Gasteiger partial charge is 0.230 e. The number of primary amides is 1. The first-order valence-corrected chi connectivity index (χ1v) is 8.69. The fourth-order valence-corrected chi connectivity index (χ4v) is 3.37. The number of benzene rings is 1. The van der Waals surface area contributed by atoms with Crippen molar-refractivity contribution in [2.24, 2.45) is 5.73 Å². The van der Waals surface area contributed by atoms with E-state index in [0.29, 0.717) is 17.5 Å². The van der Waals surface area contributed by atoms with Crippen LogP contribution in [-0.4, -0.2) is 38.6 Å². The topological polar surface area (TPSA) is 83.0 Å². The molecule has 2 heterocycles. The van der Waals surface area contributed by atoms with Gasteiger partial charge in [0.05, 0.1) is 17.9 Å². The second-order valence-electron chi connectivity index (χ2n) is 5.72. The van der Waals surface area contributed by atoms with Crippen molar-refractivity contribution in [2.75, 3.05) is 6.61 Å². The van der Waals surface area contributed by atoms with E-state index in [1.165, 1.54) is 23.9 Å². The van der Waals surface area contributed by atoms with Crippen LogP contribution in [0.15, 0.2) is 29.4 Å². The number of amides is 1. The molecule has 0 unspecified atom stereocenters. The largest absolute Gasteiger partial charge is 0.376 e. The number of thioether (sulfide) groups is 1. The van der Waals surface area contributed by atoms with E-state index in [0.717, 1.165) is 25.0 Å². The minimum Gasteiger partial charge on any atom is -0.376 e. The molecule has 2 aromatic rings. The molecule has 2 atom stereocenters. The number of ether oxygens (including phenoxy) is 1. The first kappa shape index (κ1) is 16.9. The van der Waals surface area contributed by atoms with Gasteiger partial charge in [-0.15, -0.1) is 10.2 Å². The Bertz CT molecular complexity index is 713. The highest BCUT2D eigenvalue weighted by Crippen LogP contribution is 2.28. The first-order valence-electron chi connectivity index (χ1n) is 7.81. The summed E-state index contributed by atoms with van der Waals surface area (Å²) in [5.74, 6) is -0.0828. The Morgan fingerprint density at radius 1 is 1.46 bits per heavy atom. The van der Waals surface area contributed by atoms with E-state index in [-0.39, 0.29) is 11.9 Å². The van der Waals surface area contributed by atoms with Crippen molar-refractivity contribution in [2.45, 2.75) is 42.8 Å². The number of aromatic nitrogens is 3. The van der Waals surface area contributed by atoms with Gasteiger partial charge in [-0.1, -0.05) is 11.8 Å². The molecule has 1 amide bonds. The van der Waals surface area contributed by atoms with Gasteiger partial charge >= 0.3 is 0 Å². The normalized spacial score (nSPS) is 18.7. The summed E-state index contributed by atoms with van der Waals surface area (Å²) >= 11 is 1.27. The Kier molecular flexibility index (Phi) is 5.15. The van der Waals surface area contributed by atoms with Crippen LogP contribution in [0.25, 0.3) is 11.4 Å². The van der Waals surface area contributed by atoms with Gasteiger partial charge in [0.15, 0.2) is 11.0 Å². The van der Waals surface area contributed by atoms with Gasteiger partial charge in [-0.25, -0.2) is 4.39 Å². The molecular formula is C16H19FN4O2S. The summed E-state index contributed by atoms with van der Waals surface area (Å²) in [6.45, 7) is 3.07. The molecule has 0 aliphatic carbocycles. The molecule has 2 N–H and O–H groups in total. The number of carbonyl (C=O) groups excluding carboxylic acids is 1. The van der Waals surface area contributed by atoms with Crippen molar-refractivity contribution in [1.29, 1.82) is 0 Å². The summed E-state index contributed by atoms with van der Waals surface area (Å²) in [7, 11) is 0. The third-order valence-corrected chi connectivity index (χ3v) is 5.01. The Morgan fingerprint density at radius 3 is 2.83 bits per heavy atom. The monoisotopic (exact) mass is 350 g/mol. The molecule has 0 saturated carbocycles. The van der Waals surface area contributed by atoms with E-state index in [2.05, 4.69) is 10.2 Å². The zero-order valence-electron chi connectivity index (χ0n) is 13.3. The molecule has 3 rings (SSSR count). The van der Waals surface area contributed by atoms with Crippen molar-refractivity contribution in [3.8, 4) is 11.4 Å². The van der Waals surface area contributed by atoms with Crippen molar-refractivity contribution in [1.82, 2.24) is 14.8 Å². The minimum atomic E-state index is -0.418. The highest BCUT2D eigenvalue weighted by Gasteiger charge is 2.23. The van der Waals surface area contributed by atoms with Crippen LogP contribution < -0.4 is 5.73 Å². The summed E-state index contributed by atoms with van der Waals surface area (Å²) < 4.78 is 20.8. The van der Waals surface area contributed by atoms with Gasteiger partial charge in [-0.05, 0) is 44.0 Å². The second kappa shape index (κ2) is 7.31. The quantitative estimate of drug-likeness (QED) is 0.808. The molecule has 128 valence electrons.